The van der Waals surface area contributed by atoms with Crippen LogP contribution >= 0.6 is 11.3 Å². The molecule has 1 aliphatic rings. The van der Waals surface area contributed by atoms with Crippen molar-refractivity contribution in [3.63, 3.8) is 0 Å². The maximum absolute atomic E-state index is 12.9. The Bertz CT molecular complexity index is 1320. The number of nitrogens with zero attached hydrogens (tertiary/aromatic N) is 1. The van der Waals surface area contributed by atoms with Gasteiger partial charge in [-0.1, -0.05) is 0 Å². The quantitative estimate of drug-likeness (QED) is 0.450. The SMILES string of the molecule is COc1cc(NC(=O)c2ccco2)c(C(=O)OCC(=O)Nc2sc3c(c2C#N)CCC3)cc1OC. The molecular weight excluding hydrogens is 474 g/mol. The number of thiophene rings is 1. The first-order chi connectivity index (χ1) is 16.9. The molecule has 0 atom stereocenters. The number of nitriles is 1. The summed E-state index contributed by atoms with van der Waals surface area (Å²) in [4.78, 5) is 38.9. The van der Waals surface area contributed by atoms with E-state index in [9.17, 15) is 19.6 Å². The number of amides is 2. The van der Waals surface area contributed by atoms with E-state index in [1.807, 2.05) is 0 Å². The first kappa shape index (κ1) is 23.8. The highest BCUT2D eigenvalue weighted by atomic mass is 32.1. The van der Waals surface area contributed by atoms with Crippen LogP contribution in [0, 0.1) is 11.3 Å². The van der Waals surface area contributed by atoms with Crippen molar-refractivity contribution < 1.29 is 33.0 Å². The molecule has 0 spiro atoms. The van der Waals surface area contributed by atoms with Gasteiger partial charge in [-0.25, -0.2) is 4.79 Å². The van der Waals surface area contributed by atoms with E-state index >= 15 is 0 Å². The van der Waals surface area contributed by atoms with Crippen molar-refractivity contribution in [2.75, 3.05) is 31.5 Å². The fourth-order valence-electron chi connectivity index (χ4n) is 3.73. The van der Waals surface area contributed by atoms with Crippen LogP contribution in [0.4, 0.5) is 10.7 Å². The molecule has 2 heterocycles. The maximum atomic E-state index is 12.9. The molecule has 0 saturated carbocycles. The highest BCUT2D eigenvalue weighted by Gasteiger charge is 2.25. The van der Waals surface area contributed by atoms with E-state index in [-0.39, 0.29) is 28.5 Å². The summed E-state index contributed by atoms with van der Waals surface area (Å²) < 4.78 is 20.8. The monoisotopic (exact) mass is 495 g/mol. The summed E-state index contributed by atoms with van der Waals surface area (Å²) in [6, 6.07) is 7.91. The van der Waals surface area contributed by atoms with E-state index in [4.69, 9.17) is 18.6 Å². The second-order valence-electron chi connectivity index (χ2n) is 7.48. The molecule has 1 aliphatic carbocycles. The van der Waals surface area contributed by atoms with Crippen LogP contribution in [0.5, 0.6) is 11.5 Å². The van der Waals surface area contributed by atoms with Gasteiger partial charge >= 0.3 is 5.97 Å². The van der Waals surface area contributed by atoms with Gasteiger partial charge < -0.3 is 29.3 Å². The number of hydrogen-bond acceptors (Lipinski definition) is 9. The molecular formula is C24H21N3O7S. The van der Waals surface area contributed by atoms with E-state index in [1.165, 1.54) is 50.0 Å². The molecule has 0 fully saturated rings. The lowest BCUT2D eigenvalue weighted by Crippen LogP contribution is -2.22. The summed E-state index contributed by atoms with van der Waals surface area (Å²) in [5, 5.41) is 15.2. The van der Waals surface area contributed by atoms with Gasteiger partial charge in [0.1, 0.15) is 11.1 Å². The summed E-state index contributed by atoms with van der Waals surface area (Å²) in [5.74, 6) is -1.52. The minimum Gasteiger partial charge on any atom is -0.493 e. The molecule has 0 radical (unpaired) electrons. The molecule has 2 aromatic heterocycles. The number of carbonyl (C=O) groups excluding carboxylic acids is 3. The fraction of sp³-hybridized carbons (Fsp3) is 0.250. The zero-order chi connectivity index (χ0) is 24.9. The number of fused-ring (bicyclic) bond motifs is 1. The highest BCUT2D eigenvalue weighted by Crippen LogP contribution is 2.38. The lowest BCUT2D eigenvalue weighted by Gasteiger charge is -2.15. The number of aryl methyl sites for hydroxylation is 1. The van der Waals surface area contributed by atoms with Gasteiger partial charge in [0.2, 0.25) is 0 Å². The van der Waals surface area contributed by atoms with Crippen molar-refractivity contribution >= 4 is 39.8 Å². The number of benzene rings is 1. The topological polar surface area (TPSA) is 140 Å². The fourth-order valence-corrected chi connectivity index (χ4v) is 4.98. The number of esters is 1. The van der Waals surface area contributed by atoms with Crippen LogP contribution in [0.15, 0.2) is 34.9 Å². The number of rotatable bonds is 8. The van der Waals surface area contributed by atoms with Crippen LogP contribution in [-0.2, 0) is 22.4 Å². The van der Waals surface area contributed by atoms with Crippen molar-refractivity contribution in [2.24, 2.45) is 0 Å². The van der Waals surface area contributed by atoms with Crippen molar-refractivity contribution in [1.29, 1.82) is 5.26 Å². The lowest BCUT2D eigenvalue weighted by molar-refractivity contribution is -0.119. The molecule has 180 valence electrons. The van der Waals surface area contributed by atoms with E-state index in [2.05, 4.69) is 16.7 Å². The molecule has 4 rings (SSSR count). The molecule has 35 heavy (non-hydrogen) atoms. The first-order valence-electron chi connectivity index (χ1n) is 10.6. The Morgan fingerprint density at radius 3 is 2.60 bits per heavy atom. The van der Waals surface area contributed by atoms with E-state index in [0.29, 0.717) is 10.6 Å². The zero-order valence-electron chi connectivity index (χ0n) is 18.9. The number of ether oxygens (including phenoxy) is 3. The predicted molar refractivity (Wildman–Crippen MR) is 126 cm³/mol. The standard InChI is InChI=1S/C24H21N3O7S/c1-31-18-9-14(16(10-19(18)32-2)26-22(29)17-6-4-8-33-17)24(30)34-12-21(28)27-23-15(11-25)13-5-3-7-20(13)35-23/h4,6,8-10H,3,5,7,12H2,1-2H3,(H,26,29)(H,27,28). The summed E-state index contributed by atoms with van der Waals surface area (Å²) in [6.45, 7) is -0.591. The third kappa shape index (κ3) is 4.97. The molecule has 2 amide bonds. The Hall–Kier alpha value is -4.30. The third-order valence-corrected chi connectivity index (χ3v) is 6.56. The number of methoxy groups -OCH3 is 2. The molecule has 0 unspecified atom stereocenters. The minimum atomic E-state index is -0.870. The Kier molecular flexibility index (Phi) is 7.03. The van der Waals surface area contributed by atoms with Crippen molar-refractivity contribution in [3.8, 4) is 17.6 Å². The molecule has 2 N–H and O–H groups in total. The number of anilines is 2. The molecule has 1 aromatic carbocycles. The average Bonchev–Trinajstić information content (AvgIpc) is 3.60. The highest BCUT2D eigenvalue weighted by molar-refractivity contribution is 7.16. The summed E-state index contributed by atoms with van der Waals surface area (Å²) in [5.41, 5.74) is 1.47. The van der Waals surface area contributed by atoms with Crippen molar-refractivity contribution in [1.82, 2.24) is 0 Å². The van der Waals surface area contributed by atoms with Gasteiger partial charge in [-0.05, 0) is 37.0 Å². The van der Waals surface area contributed by atoms with Crippen LogP contribution in [0.1, 0.15) is 43.3 Å². The molecule has 11 heteroatoms. The first-order valence-corrected chi connectivity index (χ1v) is 11.4. The summed E-state index contributed by atoms with van der Waals surface area (Å²) >= 11 is 1.37. The Morgan fingerprint density at radius 2 is 1.91 bits per heavy atom. The van der Waals surface area contributed by atoms with Crippen LogP contribution in [-0.4, -0.2) is 38.6 Å². The Labute approximate surface area is 204 Å². The van der Waals surface area contributed by atoms with Gasteiger partial charge in [-0.3, -0.25) is 9.59 Å². The van der Waals surface area contributed by atoms with Crippen molar-refractivity contribution in [3.05, 3.63) is 57.9 Å². The van der Waals surface area contributed by atoms with Gasteiger partial charge in [-0.2, -0.15) is 5.26 Å². The van der Waals surface area contributed by atoms with Crippen LogP contribution in [0.25, 0.3) is 0 Å². The Morgan fingerprint density at radius 1 is 1.14 bits per heavy atom. The third-order valence-electron chi connectivity index (χ3n) is 5.36. The van der Waals surface area contributed by atoms with Gasteiger partial charge in [-0.15, -0.1) is 11.3 Å². The zero-order valence-corrected chi connectivity index (χ0v) is 19.7. The lowest BCUT2D eigenvalue weighted by atomic mass is 10.1. The molecule has 10 nitrogen and oxygen atoms in total. The van der Waals surface area contributed by atoms with Crippen LogP contribution in [0.3, 0.4) is 0 Å². The average molecular weight is 496 g/mol. The number of hydrogen-bond donors (Lipinski definition) is 2. The summed E-state index contributed by atoms with van der Waals surface area (Å²) in [6.07, 6.45) is 4.03. The van der Waals surface area contributed by atoms with E-state index < -0.39 is 24.4 Å². The van der Waals surface area contributed by atoms with E-state index in [1.54, 1.807) is 6.07 Å². The van der Waals surface area contributed by atoms with Gasteiger partial charge in [0.25, 0.3) is 11.8 Å². The second kappa shape index (κ2) is 10.3. The van der Waals surface area contributed by atoms with Crippen LogP contribution < -0.4 is 20.1 Å². The second-order valence-corrected chi connectivity index (χ2v) is 8.59. The molecule has 0 saturated heterocycles. The molecule has 0 bridgehead atoms. The number of furan rings is 1. The predicted octanol–water partition coefficient (Wildman–Crippen LogP) is 3.77. The normalized spacial score (nSPS) is 11.8. The van der Waals surface area contributed by atoms with Gasteiger partial charge in [0, 0.05) is 17.0 Å². The smallest absolute Gasteiger partial charge is 0.340 e. The number of carbonyl (C=O) groups is 3. The van der Waals surface area contributed by atoms with Gasteiger partial charge in [0.15, 0.2) is 23.9 Å². The molecule has 3 aromatic rings. The minimum absolute atomic E-state index is 0.0367. The van der Waals surface area contributed by atoms with Gasteiger partial charge in [0.05, 0.1) is 37.3 Å². The largest absolute Gasteiger partial charge is 0.493 e. The summed E-state index contributed by atoms with van der Waals surface area (Å²) in [7, 11) is 2.81. The van der Waals surface area contributed by atoms with Crippen LogP contribution in [0.2, 0.25) is 0 Å². The van der Waals surface area contributed by atoms with Crippen molar-refractivity contribution in [2.45, 2.75) is 19.3 Å². The Balaban J connectivity index is 1.49. The molecule has 0 aliphatic heterocycles. The maximum Gasteiger partial charge on any atom is 0.340 e. The number of nitrogens with one attached hydrogen (secondary N) is 2. The van der Waals surface area contributed by atoms with E-state index in [0.717, 1.165) is 29.7 Å².